The van der Waals surface area contributed by atoms with Gasteiger partial charge in [-0.3, -0.25) is 0 Å². The summed E-state index contributed by atoms with van der Waals surface area (Å²) >= 11 is 0. The largest absolute Gasteiger partial charge is 0.493 e. The first-order chi connectivity index (χ1) is 8.31. The van der Waals surface area contributed by atoms with Crippen LogP contribution in [-0.2, 0) is 0 Å². The first-order valence-electron chi connectivity index (χ1n) is 6.31. The number of benzene rings is 1. The third kappa shape index (κ3) is 4.65. The molecule has 0 saturated heterocycles. The number of hydrogen-bond donors (Lipinski definition) is 1. The van der Waals surface area contributed by atoms with Crippen LogP contribution in [0, 0.1) is 0 Å². The molecular formula is C14H23NO2. The number of rotatable bonds is 8. The number of methoxy groups -OCH3 is 1. The number of para-hydroxylation sites is 2. The van der Waals surface area contributed by atoms with Crippen LogP contribution in [0.25, 0.3) is 0 Å². The standard InChI is InChI=1S/C14H23NO2/c1-4-8-12(15-5-2)11-17-14-10-7-6-9-13(14)16-3/h6-7,9-10,12,15H,4-5,8,11H2,1-3H3. The number of likely N-dealkylation sites (N-methyl/N-ethyl adjacent to an activating group) is 1. The van der Waals surface area contributed by atoms with Crippen LogP contribution in [0.15, 0.2) is 24.3 Å². The van der Waals surface area contributed by atoms with Gasteiger partial charge in [0.2, 0.25) is 0 Å². The van der Waals surface area contributed by atoms with Crippen molar-refractivity contribution in [1.82, 2.24) is 5.32 Å². The van der Waals surface area contributed by atoms with Gasteiger partial charge in [-0.05, 0) is 25.1 Å². The van der Waals surface area contributed by atoms with Crippen molar-refractivity contribution >= 4 is 0 Å². The fourth-order valence-electron chi connectivity index (χ4n) is 1.81. The van der Waals surface area contributed by atoms with E-state index >= 15 is 0 Å². The summed E-state index contributed by atoms with van der Waals surface area (Å²) in [6, 6.07) is 8.17. The molecule has 1 unspecified atom stereocenters. The molecule has 0 heterocycles. The van der Waals surface area contributed by atoms with E-state index < -0.39 is 0 Å². The Kier molecular flexibility index (Phi) is 6.48. The van der Waals surface area contributed by atoms with Crippen molar-refractivity contribution in [2.75, 3.05) is 20.3 Å². The fourth-order valence-corrected chi connectivity index (χ4v) is 1.81. The van der Waals surface area contributed by atoms with Crippen LogP contribution in [-0.4, -0.2) is 26.3 Å². The second-order valence-electron chi connectivity index (χ2n) is 4.01. The number of hydrogen-bond acceptors (Lipinski definition) is 3. The van der Waals surface area contributed by atoms with Crippen molar-refractivity contribution in [1.29, 1.82) is 0 Å². The third-order valence-electron chi connectivity index (χ3n) is 2.64. The van der Waals surface area contributed by atoms with E-state index in [0.717, 1.165) is 30.9 Å². The molecule has 0 saturated carbocycles. The molecule has 1 aromatic carbocycles. The minimum absolute atomic E-state index is 0.412. The first kappa shape index (κ1) is 13.8. The van der Waals surface area contributed by atoms with Gasteiger partial charge in [0.25, 0.3) is 0 Å². The molecule has 1 rings (SSSR count). The SMILES string of the molecule is CCCC(COc1ccccc1OC)NCC. The molecule has 0 aliphatic heterocycles. The quantitative estimate of drug-likeness (QED) is 0.754. The maximum atomic E-state index is 5.81. The van der Waals surface area contributed by atoms with E-state index in [1.165, 1.54) is 0 Å². The summed E-state index contributed by atoms with van der Waals surface area (Å²) in [7, 11) is 1.66. The normalized spacial score (nSPS) is 12.2. The first-order valence-corrected chi connectivity index (χ1v) is 6.31. The zero-order valence-corrected chi connectivity index (χ0v) is 11.0. The van der Waals surface area contributed by atoms with E-state index in [1.807, 2.05) is 24.3 Å². The van der Waals surface area contributed by atoms with Gasteiger partial charge in [-0.15, -0.1) is 0 Å². The van der Waals surface area contributed by atoms with Crippen molar-refractivity contribution in [3.05, 3.63) is 24.3 Å². The lowest BCUT2D eigenvalue weighted by molar-refractivity contribution is 0.246. The van der Waals surface area contributed by atoms with Crippen LogP contribution in [0.5, 0.6) is 11.5 Å². The molecule has 17 heavy (non-hydrogen) atoms. The highest BCUT2D eigenvalue weighted by molar-refractivity contribution is 5.39. The summed E-state index contributed by atoms with van der Waals surface area (Å²) in [6.07, 6.45) is 2.29. The zero-order valence-electron chi connectivity index (χ0n) is 11.0. The van der Waals surface area contributed by atoms with Crippen molar-refractivity contribution in [2.45, 2.75) is 32.7 Å². The van der Waals surface area contributed by atoms with E-state index in [4.69, 9.17) is 9.47 Å². The minimum atomic E-state index is 0.412. The molecule has 0 amide bonds. The molecule has 1 aromatic rings. The Morgan fingerprint density at radius 2 is 1.88 bits per heavy atom. The lowest BCUT2D eigenvalue weighted by Crippen LogP contribution is -2.34. The van der Waals surface area contributed by atoms with Crippen LogP contribution in [0.4, 0.5) is 0 Å². The highest BCUT2D eigenvalue weighted by Gasteiger charge is 2.09. The lowest BCUT2D eigenvalue weighted by atomic mass is 10.2. The Labute approximate surface area is 104 Å². The smallest absolute Gasteiger partial charge is 0.161 e. The van der Waals surface area contributed by atoms with E-state index in [-0.39, 0.29) is 0 Å². The van der Waals surface area contributed by atoms with Gasteiger partial charge in [-0.2, -0.15) is 0 Å². The maximum absolute atomic E-state index is 5.81. The van der Waals surface area contributed by atoms with Gasteiger partial charge in [0, 0.05) is 6.04 Å². The van der Waals surface area contributed by atoms with Crippen LogP contribution in [0.3, 0.4) is 0 Å². The Balaban J connectivity index is 2.52. The van der Waals surface area contributed by atoms with E-state index in [9.17, 15) is 0 Å². The average molecular weight is 237 g/mol. The van der Waals surface area contributed by atoms with Gasteiger partial charge < -0.3 is 14.8 Å². The molecule has 0 bridgehead atoms. The predicted molar refractivity (Wildman–Crippen MR) is 70.9 cm³/mol. The topological polar surface area (TPSA) is 30.5 Å². The summed E-state index contributed by atoms with van der Waals surface area (Å²) in [5.41, 5.74) is 0. The summed E-state index contributed by atoms with van der Waals surface area (Å²) in [6.45, 7) is 5.96. The van der Waals surface area contributed by atoms with Crippen LogP contribution in [0.1, 0.15) is 26.7 Å². The molecule has 1 atom stereocenters. The minimum Gasteiger partial charge on any atom is -0.493 e. The third-order valence-corrected chi connectivity index (χ3v) is 2.64. The van der Waals surface area contributed by atoms with Gasteiger partial charge in [0.1, 0.15) is 6.61 Å². The molecule has 1 N–H and O–H groups in total. The van der Waals surface area contributed by atoms with E-state index in [2.05, 4.69) is 19.2 Å². The second kappa shape index (κ2) is 7.96. The summed E-state index contributed by atoms with van der Waals surface area (Å²) in [5.74, 6) is 1.60. The summed E-state index contributed by atoms with van der Waals surface area (Å²) < 4.78 is 11.1. The van der Waals surface area contributed by atoms with Crippen molar-refractivity contribution < 1.29 is 9.47 Å². The molecule has 0 radical (unpaired) electrons. The number of ether oxygens (including phenoxy) is 2. The fraction of sp³-hybridized carbons (Fsp3) is 0.571. The van der Waals surface area contributed by atoms with Gasteiger partial charge in [-0.1, -0.05) is 32.4 Å². The lowest BCUT2D eigenvalue weighted by Gasteiger charge is -2.18. The molecule has 96 valence electrons. The Morgan fingerprint density at radius 3 is 2.47 bits per heavy atom. The highest BCUT2D eigenvalue weighted by Crippen LogP contribution is 2.25. The molecule has 0 aliphatic rings. The Morgan fingerprint density at radius 1 is 1.18 bits per heavy atom. The van der Waals surface area contributed by atoms with E-state index in [1.54, 1.807) is 7.11 Å². The second-order valence-corrected chi connectivity index (χ2v) is 4.01. The molecule has 3 heteroatoms. The average Bonchev–Trinajstić information content (AvgIpc) is 2.37. The molecule has 0 spiro atoms. The molecular weight excluding hydrogens is 214 g/mol. The van der Waals surface area contributed by atoms with Crippen molar-refractivity contribution in [2.24, 2.45) is 0 Å². The van der Waals surface area contributed by atoms with Gasteiger partial charge >= 0.3 is 0 Å². The van der Waals surface area contributed by atoms with Crippen molar-refractivity contribution in [3.63, 3.8) is 0 Å². The van der Waals surface area contributed by atoms with Crippen LogP contribution < -0.4 is 14.8 Å². The van der Waals surface area contributed by atoms with E-state index in [0.29, 0.717) is 12.6 Å². The van der Waals surface area contributed by atoms with Gasteiger partial charge in [-0.25, -0.2) is 0 Å². The highest BCUT2D eigenvalue weighted by atomic mass is 16.5. The molecule has 0 aliphatic carbocycles. The monoisotopic (exact) mass is 237 g/mol. The van der Waals surface area contributed by atoms with Crippen molar-refractivity contribution in [3.8, 4) is 11.5 Å². The van der Waals surface area contributed by atoms with Gasteiger partial charge in [0.15, 0.2) is 11.5 Å². The predicted octanol–water partition coefficient (Wildman–Crippen LogP) is 2.85. The zero-order chi connectivity index (χ0) is 12.5. The van der Waals surface area contributed by atoms with Crippen LogP contribution >= 0.6 is 0 Å². The van der Waals surface area contributed by atoms with Crippen LogP contribution in [0.2, 0.25) is 0 Å². The summed E-state index contributed by atoms with van der Waals surface area (Å²) in [4.78, 5) is 0. The summed E-state index contributed by atoms with van der Waals surface area (Å²) in [5, 5.41) is 3.43. The Hall–Kier alpha value is -1.22. The van der Waals surface area contributed by atoms with Gasteiger partial charge in [0.05, 0.1) is 7.11 Å². The number of nitrogens with one attached hydrogen (secondary N) is 1. The molecule has 3 nitrogen and oxygen atoms in total. The molecule has 0 aromatic heterocycles. The molecule has 0 fully saturated rings. The maximum Gasteiger partial charge on any atom is 0.161 e. The Bertz CT molecular complexity index is 309.